The number of nitrogens with one attached hydrogen (secondary N) is 2. The number of carbonyl (C=O) groups excluding carboxylic acids is 2. The average molecular weight is 293 g/mol. The molecule has 0 spiro atoms. The number of hydrogen-bond donors (Lipinski definition) is 2. The summed E-state index contributed by atoms with van der Waals surface area (Å²) in [5, 5.41) is 9.53. The molecule has 0 saturated heterocycles. The van der Waals surface area contributed by atoms with Gasteiger partial charge in [0.25, 0.3) is 5.91 Å². The summed E-state index contributed by atoms with van der Waals surface area (Å²) in [5.74, 6) is -0.543. The Bertz CT molecular complexity index is 647. The van der Waals surface area contributed by atoms with E-state index in [2.05, 4.69) is 15.7 Å². The maximum absolute atomic E-state index is 12.1. The van der Waals surface area contributed by atoms with Gasteiger partial charge in [0.15, 0.2) is 0 Å². The molecule has 1 aromatic carbocycles. The average Bonchev–Trinajstić information content (AvgIpc) is 2.68. The lowest BCUT2D eigenvalue weighted by atomic mass is 10.2. The van der Waals surface area contributed by atoms with Crippen LogP contribution in [0.4, 0.5) is 11.4 Å². The van der Waals surface area contributed by atoms with Gasteiger partial charge < -0.3 is 10.6 Å². The summed E-state index contributed by atoms with van der Waals surface area (Å²) in [6.45, 7) is 1.42. The second-order valence-corrected chi connectivity index (χ2v) is 4.59. The molecule has 7 heteroatoms. The summed E-state index contributed by atoms with van der Waals surface area (Å²) >= 11 is 5.91. The van der Waals surface area contributed by atoms with Crippen molar-refractivity contribution in [3.05, 3.63) is 41.2 Å². The van der Waals surface area contributed by atoms with E-state index in [1.165, 1.54) is 17.8 Å². The smallest absolute Gasteiger partial charge is 0.275 e. The van der Waals surface area contributed by atoms with Crippen molar-refractivity contribution >= 4 is 34.8 Å². The van der Waals surface area contributed by atoms with E-state index >= 15 is 0 Å². The number of carbonyl (C=O) groups is 2. The molecule has 0 unspecified atom stereocenters. The normalized spacial score (nSPS) is 10.2. The van der Waals surface area contributed by atoms with Gasteiger partial charge in [0.2, 0.25) is 5.91 Å². The van der Waals surface area contributed by atoms with Crippen LogP contribution in [0.15, 0.2) is 30.5 Å². The van der Waals surface area contributed by atoms with Crippen LogP contribution < -0.4 is 10.6 Å². The van der Waals surface area contributed by atoms with Crippen molar-refractivity contribution in [1.82, 2.24) is 9.78 Å². The monoisotopic (exact) mass is 292 g/mol. The first-order chi connectivity index (χ1) is 9.47. The van der Waals surface area contributed by atoms with E-state index < -0.39 is 0 Å². The van der Waals surface area contributed by atoms with Gasteiger partial charge in [0, 0.05) is 25.3 Å². The van der Waals surface area contributed by atoms with Gasteiger partial charge in [0.1, 0.15) is 5.69 Å². The summed E-state index contributed by atoms with van der Waals surface area (Å²) in [7, 11) is 1.63. The van der Waals surface area contributed by atoms with Crippen molar-refractivity contribution in [2.75, 3.05) is 10.6 Å². The molecule has 6 nitrogen and oxygen atoms in total. The molecular weight excluding hydrogens is 280 g/mol. The zero-order valence-electron chi connectivity index (χ0n) is 11.0. The predicted octanol–water partition coefficient (Wildman–Crippen LogP) is 2.28. The van der Waals surface area contributed by atoms with Crippen molar-refractivity contribution in [2.45, 2.75) is 6.92 Å². The molecule has 0 aliphatic carbocycles. The molecule has 0 bridgehead atoms. The van der Waals surface area contributed by atoms with Crippen LogP contribution in [-0.4, -0.2) is 21.6 Å². The van der Waals surface area contributed by atoms with Crippen molar-refractivity contribution in [1.29, 1.82) is 0 Å². The van der Waals surface area contributed by atoms with Gasteiger partial charge in [-0.15, -0.1) is 0 Å². The summed E-state index contributed by atoms with van der Waals surface area (Å²) in [5.41, 5.74) is 1.43. The number of hydrogen-bond acceptors (Lipinski definition) is 3. The van der Waals surface area contributed by atoms with Crippen LogP contribution in [0.3, 0.4) is 0 Å². The zero-order chi connectivity index (χ0) is 14.7. The number of aromatic nitrogens is 2. The number of benzene rings is 1. The van der Waals surface area contributed by atoms with Gasteiger partial charge >= 0.3 is 0 Å². The Morgan fingerprint density at radius 2 is 1.90 bits per heavy atom. The molecule has 0 atom stereocenters. The first kappa shape index (κ1) is 14.1. The molecule has 104 valence electrons. The quantitative estimate of drug-likeness (QED) is 0.911. The highest BCUT2D eigenvalue weighted by Crippen LogP contribution is 2.19. The first-order valence-corrected chi connectivity index (χ1v) is 6.21. The minimum absolute atomic E-state index is 0.178. The first-order valence-electron chi connectivity index (χ1n) is 5.84. The minimum Gasteiger partial charge on any atom is -0.326 e. The van der Waals surface area contributed by atoms with Gasteiger partial charge in [-0.05, 0) is 18.2 Å². The lowest BCUT2D eigenvalue weighted by Crippen LogP contribution is -2.16. The van der Waals surface area contributed by atoms with E-state index in [-0.39, 0.29) is 22.5 Å². The Balaban J connectivity index is 2.18. The highest BCUT2D eigenvalue weighted by atomic mass is 35.5. The second-order valence-electron chi connectivity index (χ2n) is 4.18. The Labute approximate surface area is 120 Å². The highest BCUT2D eigenvalue weighted by molar-refractivity contribution is 6.34. The molecule has 0 radical (unpaired) electrons. The third kappa shape index (κ3) is 3.16. The third-order valence-electron chi connectivity index (χ3n) is 2.55. The van der Waals surface area contributed by atoms with Crippen LogP contribution in [-0.2, 0) is 11.8 Å². The standard InChI is InChI=1S/C13H13ClN4O2/c1-8(19)16-9-4-3-5-10(6-9)17-13(20)12-11(14)7-15-18(12)2/h3-7H,1-2H3,(H,16,19)(H,17,20). The van der Waals surface area contributed by atoms with Gasteiger partial charge in [-0.1, -0.05) is 17.7 Å². The summed E-state index contributed by atoms with van der Waals surface area (Å²) in [6, 6.07) is 6.83. The lowest BCUT2D eigenvalue weighted by Gasteiger charge is -2.08. The number of anilines is 2. The van der Waals surface area contributed by atoms with Crippen LogP contribution in [0, 0.1) is 0 Å². The Morgan fingerprint density at radius 1 is 1.25 bits per heavy atom. The third-order valence-corrected chi connectivity index (χ3v) is 2.83. The van der Waals surface area contributed by atoms with E-state index in [0.29, 0.717) is 11.4 Å². The fourth-order valence-electron chi connectivity index (χ4n) is 1.73. The van der Waals surface area contributed by atoms with Gasteiger partial charge in [-0.3, -0.25) is 14.3 Å². The molecule has 2 amide bonds. The summed E-state index contributed by atoms with van der Waals surface area (Å²) in [6.07, 6.45) is 1.41. The number of rotatable bonds is 3. The number of amides is 2. The molecule has 2 N–H and O–H groups in total. The summed E-state index contributed by atoms with van der Waals surface area (Å²) < 4.78 is 1.40. The summed E-state index contributed by atoms with van der Waals surface area (Å²) in [4.78, 5) is 23.1. The van der Waals surface area contributed by atoms with E-state index in [9.17, 15) is 9.59 Å². The molecule has 1 aromatic heterocycles. The highest BCUT2D eigenvalue weighted by Gasteiger charge is 2.15. The molecule has 1 heterocycles. The molecular formula is C13H13ClN4O2. The largest absolute Gasteiger partial charge is 0.326 e. The molecule has 0 aliphatic heterocycles. The van der Waals surface area contributed by atoms with Crippen LogP contribution >= 0.6 is 11.6 Å². The molecule has 0 aliphatic rings. The van der Waals surface area contributed by atoms with Crippen molar-refractivity contribution < 1.29 is 9.59 Å². The molecule has 2 rings (SSSR count). The molecule has 0 saturated carbocycles. The van der Waals surface area contributed by atoms with E-state index in [1.54, 1.807) is 31.3 Å². The van der Waals surface area contributed by atoms with E-state index in [4.69, 9.17) is 11.6 Å². The predicted molar refractivity (Wildman–Crippen MR) is 76.9 cm³/mol. The maximum Gasteiger partial charge on any atom is 0.275 e. The number of aryl methyl sites for hydroxylation is 1. The van der Waals surface area contributed by atoms with E-state index in [0.717, 1.165) is 0 Å². The fraction of sp³-hybridized carbons (Fsp3) is 0.154. The topological polar surface area (TPSA) is 76.0 Å². The minimum atomic E-state index is -0.366. The molecule has 2 aromatic rings. The van der Waals surface area contributed by atoms with Crippen LogP contribution in [0.1, 0.15) is 17.4 Å². The van der Waals surface area contributed by atoms with Gasteiger partial charge in [-0.2, -0.15) is 5.10 Å². The fourth-order valence-corrected chi connectivity index (χ4v) is 1.99. The molecule has 20 heavy (non-hydrogen) atoms. The lowest BCUT2D eigenvalue weighted by molar-refractivity contribution is -0.114. The second kappa shape index (κ2) is 5.75. The van der Waals surface area contributed by atoms with Crippen molar-refractivity contribution in [3.8, 4) is 0 Å². The van der Waals surface area contributed by atoms with Crippen molar-refractivity contribution in [2.24, 2.45) is 7.05 Å². The van der Waals surface area contributed by atoms with Crippen LogP contribution in [0.5, 0.6) is 0 Å². The van der Waals surface area contributed by atoms with Gasteiger partial charge in [0.05, 0.1) is 11.2 Å². The van der Waals surface area contributed by atoms with Crippen LogP contribution in [0.2, 0.25) is 5.02 Å². The van der Waals surface area contributed by atoms with Crippen LogP contribution in [0.25, 0.3) is 0 Å². The zero-order valence-corrected chi connectivity index (χ0v) is 11.7. The van der Waals surface area contributed by atoms with Gasteiger partial charge in [-0.25, -0.2) is 0 Å². The number of halogens is 1. The molecule has 0 fully saturated rings. The Kier molecular flexibility index (Phi) is 4.05. The van der Waals surface area contributed by atoms with Crippen molar-refractivity contribution in [3.63, 3.8) is 0 Å². The Hall–Kier alpha value is -2.34. The number of nitrogens with zero attached hydrogens (tertiary/aromatic N) is 2. The SMILES string of the molecule is CC(=O)Nc1cccc(NC(=O)c2c(Cl)cnn2C)c1. The Morgan fingerprint density at radius 3 is 2.45 bits per heavy atom. The van der Waals surface area contributed by atoms with E-state index in [1.807, 2.05) is 0 Å². The maximum atomic E-state index is 12.1.